The Kier molecular flexibility index (Phi) is 5.35. The topological polar surface area (TPSA) is 155 Å². The number of nitro groups is 1. The number of allylic oxidation sites excluding steroid dienone is 1. The zero-order valence-corrected chi connectivity index (χ0v) is 13.4. The van der Waals surface area contributed by atoms with Crippen LogP contribution in [-0.4, -0.2) is 26.4 Å². The molecule has 9 nitrogen and oxygen atoms in total. The van der Waals surface area contributed by atoms with Crippen molar-refractivity contribution in [3.05, 3.63) is 50.2 Å². The Morgan fingerprint density at radius 3 is 2.80 bits per heavy atom. The van der Waals surface area contributed by atoms with Crippen LogP contribution in [0.5, 0.6) is 0 Å². The molecule has 2 aromatic rings. The van der Waals surface area contributed by atoms with Crippen LogP contribution in [0, 0.1) is 32.8 Å². The van der Waals surface area contributed by atoms with Gasteiger partial charge in [0, 0.05) is 22.7 Å². The van der Waals surface area contributed by atoms with Gasteiger partial charge < -0.3 is 10.8 Å². The highest BCUT2D eigenvalue weighted by molar-refractivity contribution is 6.32. The predicted molar refractivity (Wildman–Crippen MR) is 90.0 cm³/mol. The molecule has 0 aliphatic rings. The highest BCUT2D eigenvalue weighted by atomic mass is 35.5. The van der Waals surface area contributed by atoms with Crippen molar-refractivity contribution in [2.75, 3.05) is 12.3 Å². The van der Waals surface area contributed by atoms with Gasteiger partial charge in [0.05, 0.1) is 23.6 Å². The summed E-state index contributed by atoms with van der Waals surface area (Å²) in [5.74, 6) is 0.0119. The molecule has 1 aromatic heterocycles. The molecule has 3 N–H and O–H groups in total. The third kappa shape index (κ3) is 3.58. The number of rotatable bonds is 5. The standard InChI is InChI=1S/C15H11ClN6O3/c16-13-2-1-11(22(24)25)6-9(13)5-10(7-17)14-12(8-18)15(19)21(20-14)3-4-23/h1-2,5-6,23H,3-4,19H2. The molecule has 0 amide bonds. The van der Waals surface area contributed by atoms with Crippen molar-refractivity contribution in [3.8, 4) is 12.1 Å². The van der Waals surface area contributed by atoms with Crippen LogP contribution < -0.4 is 5.73 Å². The van der Waals surface area contributed by atoms with E-state index in [4.69, 9.17) is 22.4 Å². The Hall–Kier alpha value is -3.40. The number of aromatic nitrogens is 2. The molecule has 0 radical (unpaired) electrons. The lowest BCUT2D eigenvalue weighted by atomic mass is 10.1. The number of aliphatic hydroxyl groups is 1. The number of benzene rings is 1. The van der Waals surface area contributed by atoms with Crippen LogP contribution in [0.2, 0.25) is 5.02 Å². The molecule has 1 aromatic carbocycles. The minimum Gasteiger partial charge on any atom is -0.394 e. The Morgan fingerprint density at radius 2 is 2.24 bits per heavy atom. The lowest BCUT2D eigenvalue weighted by molar-refractivity contribution is -0.384. The number of nitrogens with zero attached hydrogens (tertiary/aromatic N) is 5. The van der Waals surface area contributed by atoms with Gasteiger partial charge in [0.2, 0.25) is 0 Å². The second-order valence-corrected chi connectivity index (χ2v) is 5.21. The molecule has 0 aliphatic heterocycles. The van der Waals surface area contributed by atoms with Gasteiger partial charge in [-0.3, -0.25) is 10.1 Å². The molecule has 0 saturated carbocycles. The molecule has 0 bridgehead atoms. The van der Waals surface area contributed by atoms with E-state index >= 15 is 0 Å². The van der Waals surface area contributed by atoms with Crippen molar-refractivity contribution in [3.63, 3.8) is 0 Å². The Morgan fingerprint density at radius 1 is 1.52 bits per heavy atom. The number of nitrogen functional groups attached to an aromatic ring is 1. The van der Waals surface area contributed by atoms with Crippen molar-refractivity contribution in [2.24, 2.45) is 0 Å². The molecule has 2 rings (SSSR count). The number of hydrogen-bond donors (Lipinski definition) is 2. The predicted octanol–water partition coefficient (Wildman–Crippen LogP) is 1.96. The highest BCUT2D eigenvalue weighted by Gasteiger charge is 2.19. The third-order valence-electron chi connectivity index (χ3n) is 3.28. The summed E-state index contributed by atoms with van der Waals surface area (Å²) in [6.45, 7) is -0.199. The van der Waals surface area contributed by atoms with Crippen molar-refractivity contribution in [2.45, 2.75) is 6.54 Å². The second-order valence-electron chi connectivity index (χ2n) is 4.80. The Bertz CT molecular complexity index is 951. The van der Waals surface area contributed by atoms with Crippen LogP contribution in [0.3, 0.4) is 0 Å². The van der Waals surface area contributed by atoms with Crippen LogP contribution in [0.4, 0.5) is 11.5 Å². The minimum atomic E-state index is -0.589. The van der Waals surface area contributed by atoms with Gasteiger partial charge >= 0.3 is 0 Å². The molecule has 0 saturated heterocycles. The summed E-state index contributed by atoms with van der Waals surface area (Å²) in [7, 11) is 0. The van der Waals surface area contributed by atoms with E-state index in [0.29, 0.717) is 0 Å². The first-order valence-electron chi connectivity index (χ1n) is 6.86. The molecule has 1 heterocycles. The number of hydrogen-bond acceptors (Lipinski definition) is 7. The van der Waals surface area contributed by atoms with E-state index in [-0.39, 0.29) is 52.1 Å². The summed E-state index contributed by atoms with van der Waals surface area (Å²) in [6, 6.07) is 7.53. The van der Waals surface area contributed by atoms with Crippen LogP contribution in [-0.2, 0) is 6.54 Å². The van der Waals surface area contributed by atoms with E-state index in [1.54, 1.807) is 0 Å². The van der Waals surface area contributed by atoms with Crippen LogP contribution in [0.15, 0.2) is 18.2 Å². The molecule has 25 heavy (non-hydrogen) atoms. The summed E-state index contributed by atoms with van der Waals surface area (Å²) in [5.41, 5.74) is 5.78. The largest absolute Gasteiger partial charge is 0.394 e. The fourth-order valence-corrected chi connectivity index (χ4v) is 2.28. The third-order valence-corrected chi connectivity index (χ3v) is 3.63. The van der Waals surface area contributed by atoms with E-state index in [2.05, 4.69) is 5.10 Å². The molecule has 0 unspecified atom stereocenters. The maximum absolute atomic E-state index is 10.9. The Labute approximate surface area is 146 Å². The average molecular weight is 359 g/mol. The van der Waals surface area contributed by atoms with Crippen molar-refractivity contribution < 1.29 is 10.0 Å². The van der Waals surface area contributed by atoms with Crippen molar-refractivity contribution in [1.29, 1.82) is 10.5 Å². The summed E-state index contributed by atoms with van der Waals surface area (Å²) < 4.78 is 1.20. The van der Waals surface area contributed by atoms with Gasteiger partial charge in [-0.15, -0.1) is 0 Å². The second kappa shape index (κ2) is 7.45. The number of halogens is 1. The quantitative estimate of drug-likeness (QED) is 0.470. The molecular formula is C15H11ClN6O3. The fraction of sp³-hybridized carbons (Fsp3) is 0.133. The average Bonchev–Trinajstić information content (AvgIpc) is 2.90. The van der Waals surface area contributed by atoms with Crippen LogP contribution in [0.25, 0.3) is 11.6 Å². The van der Waals surface area contributed by atoms with Gasteiger partial charge in [-0.05, 0) is 12.1 Å². The molecular weight excluding hydrogens is 348 g/mol. The number of nitriles is 2. The SMILES string of the molecule is N#CC(=Cc1cc([N+](=O)[O-])ccc1Cl)c1nn(CCO)c(N)c1C#N. The summed E-state index contributed by atoms with van der Waals surface area (Å²) in [6.07, 6.45) is 1.29. The first kappa shape index (κ1) is 17.9. The molecule has 0 aliphatic carbocycles. The van der Waals surface area contributed by atoms with Gasteiger partial charge in [-0.1, -0.05) is 11.6 Å². The van der Waals surface area contributed by atoms with Gasteiger partial charge in [0.15, 0.2) is 0 Å². The molecule has 10 heteroatoms. The number of nitro benzene ring substituents is 1. The monoisotopic (exact) mass is 358 g/mol. The number of anilines is 1. The smallest absolute Gasteiger partial charge is 0.270 e. The Balaban J connectivity index is 2.62. The minimum absolute atomic E-state index is 0.0119. The van der Waals surface area contributed by atoms with Crippen LogP contribution >= 0.6 is 11.6 Å². The molecule has 0 atom stereocenters. The van der Waals surface area contributed by atoms with E-state index in [1.807, 2.05) is 12.1 Å². The van der Waals surface area contributed by atoms with Gasteiger partial charge in [-0.2, -0.15) is 15.6 Å². The van der Waals surface area contributed by atoms with E-state index < -0.39 is 4.92 Å². The van der Waals surface area contributed by atoms with Crippen molar-refractivity contribution in [1.82, 2.24) is 9.78 Å². The lowest BCUT2D eigenvalue weighted by Gasteiger charge is -2.00. The first-order chi connectivity index (χ1) is 11.9. The van der Waals surface area contributed by atoms with E-state index in [1.165, 1.54) is 29.0 Å². The number of aliphatic hydroxyl groups excluding tert-OH is 1. The van der Waals surface area contributed by atoms with Gasteiger partial charge in [-0.25, -0.2) is 4.68 Å². The summed E-state index contributed by atoms with van der Waals surface area (Å²) in [4.78, 5) is 10.3. The number of non-ortho nitro benzene ring substituents is 1. The van der Waals surface area contributed by atoms with Crippen LogP contribution in [0.1, 0.15) is 16.8 Å². The molecule has 0 spiro atoms. The normalized spacial score (nSPS) is 11.0. The molecule has 126 valence electrons. The van der Waals surface area contributed by atoms with Crippen molar-refractivity contribution >= 4 is 34.8 Å². The maximum Gasteiger partial charge on any atom is 0.270 e. The zero-order valence-electron chi connectivity index (χ0n) is 12.7. The first-order valence-corrected chi connectivity index (χ1v) is 7.24. The number of nitrogens with two attached hydrogens (primary N) is 1. The lowest BCUT2D eigenvalue weighted by Crippen LogP contribution is -2.07. The fourth-order valence-electron chi connectivity index (χ4n) is 2.10. The van der Waals surface area contributed by atoms with Gasteiger partial charge in [0.25, 0.3) is 5.69 Å². The highest BCUT2D eigenvalue weighted by Crippen LogP contribution is 2.29. The zero-order chi connectivity index (χ0) is 18.6. The van der Waals surface area contributed by atoms with E-state index in [0.717, 1.165) is 0 Å². The summed E-state index contributed by atoms with van der Waals surface area (Å²) in [5, 5.41) is 42.8. The van der Waals surface area contributed by atoms with Gasteiger partial charge in [0.1, 0.15) is 29.2 Å². The maximum atomic E-state index is 10.9. The summed E-state index contributed by atoms with van der Waals surface area (Å²) >= 11 is 6.02. The molecule has 0 fully saturated rings. The van der Waals surface area contributed by atoms with E-state index in [9.17, 15) is 20.6 Å².